The molecule has 0 radical (unpaired) electrons. The molecule has 3 atom stereocenters. The molecule has 1 saturated heterocycles. The number of carboxylic acids is 1. The Morgan fingerprint density at radius 2 is 2.05 bits per heavy atom. The molecule has 1 rings (SSSR count). The minimum absolute atomic E-state index is 0.0590. The summed E-state index contributed by atoms with van der Waals surface area (Å²) in [5.74, 6) is -2.11. The SMILES string of the molecule is CCCNC(=O)CN1C(=O)CC(C)C(C(=O)O)C1C. The second kappa shape index (κ2) is 6.54. The lowest BCUT2D eigenvalue weighted by Gasteiger charge is -2.40. The Hall–Kier alpha value is -1.59. The van der Waals surface area contributed by atoms with Gasteiger partial charge in [0.1, 0.15) is 0 Å². The summed E-state index contributed by atoms with van der Waals surface area (Å²) in [6.45, 7) is 5.91. The van der Waals surface area contributed by atoms with Gasteiger partial charge in [-0.15, -0.1) is 0 Å². The zero-order valence-electron chi connectivity index (χ0n) is 11.7. The lowest BCUT2D eigenvalue weighted by molar-refractivity contribution is -0.156. The van der Waals surface area contributed by atoms with E-state index < -0.39 is 17.9 Å². The van der Waals surface area contributed by atoms with Crippen molar-refractivity contribution >= 4 is 17.8 Å². The van der Waals surface area contributed by atoms with Crippen LogP contribution in [0.25, 0.3) is 0 Å². The molecular weight excluding hydrogens is 248 g/mol. The molecule has 1 fully saturated rings. The van der Waals surface area contributed by atoms with Gasteiger partial charge in [0.25, 0.3) is 0 Å². The van der Waals surface area contributed by atoms with Crippen LogP contribution < -0.4 is 5.32 Å². The minimum Gasteiger partial charge on any atom is -0.481 e. The van der Waals surface area contributed by atoms with E-state index in [1.807, 2.05) is 6.92 Å². The predicted molar refractivity (Wildman–Crippen MR) is 69.4 cm³/mol. The first-order valence-corrected chi connectivity index (χ1v) is 6.67. The fraction of sp³-hybridized carbons (Fsp3) is 0.769. The topological polar surface area (TPSA) is 86.7 Å². The van der Waals surface area contributed by atoms with Crippen LogP contribution in [0.15, 0.2) is 0 Å². The van der Waals surface area contributed by atoms with Crippen molar-refractivity contribution in [2.24, 2.45) is 11.8 Å². The third kappa shape index (κ3) is 3.68. The third-order valence-electron chi connectivity index (χ3n) is 3.61. The Bertz CT molecular complexity index is 370. The number of piperidine rings is 1. The van der Waals surface area contributed by atoms with Crippen LogP contribution in [0.1, 0.15) is 33.6 Å². The number of nitrogens with one attached hydrogen (secondary N) is 1. The molecule has 0 saturated carbocycles. The second-order valence-corrected chi connectivity index (χ2v) is 5.16. The van der Waals surface area contributed by atoms with Crippen LogP contribution in [0.4, 0.5) is 0 Å². The summed E-state index contributed by atoms with van der Waals surface area (Å²) in [4.78, 5) is 36.2. The van der Waals surface area contributed by atoms with Crippen molar-refractivity contribution in [2.45, 2.75) is 39.7 Å². The summed E-state index contributed by atoms with van der Waals surface area (Å²) in [6, 6.07) is -0.457. The second-order valence-electron chi connectivity index (χ2n) is 5.16. The first-order valence-electron chi connectivity index (χ1n) is 6.67. The van der Waals surface area contributed by atoms with Crippen molar-refractivity contribution in [3.63, 3.8) is 0 Å². The minimum atomic E-state index is -0.911. The Kier molecular flexibility index (Phi) is 5.32. The van der Waals surface area contributed by atoms with E-state index in [0.29, 0.717) is 6.54 Å². The molecule has 1 aliphatic rings. The summed E-state index contributed by atoms with van der Waals surface area (Å²) < 4.78 is 0. The molecule has 2 N–H and O–H groups in total. The number of carboxylic acid groups (broad SMARTS) is 1. The van der Waals surface area contributed by atoms with Gasteiger partial charge in [0, 0.05) is 19.0 Å². The molecule has 0 aromatic carbocycles. The fourth-order valence-electron chi connectivity index (χ4n) is 2.57. The fourth-order valence-corrected chi connectivity index (χ4v) is 2.57. The molecule has 2 amide bonds. The van der Waals surface area contributed by atoms with E-state index in [2.05, 4.69) is 5.32 Å². The quantitative estimate of drug-likeness (QED) is 0.760. The highest BCUT2D eigenvalue weighted by Crippen LogP contribution is 2.29. The highest BCUT2D eigenvalue weighted by molar-refractivity contribution is 5.87. The van der Waals surface area contributed by atoms with Gasteiger partial charge >= 0.3 is 5.97 Å². The van der Waals surface area contributed by atoms with Crippen molar-refractivity contribution in [2.75, 3.05) is 13.1 Å². The molecule has 0 aromatic rings. The third-order valence-corrected chi connectivity index (χ3v) is 3.61. The van der Waals surface area contributed by atoms with Crippen LogP contribution in [-0.2, 0) is 14.4 Å². The van der Waals surface area contributed by atoms with Crippen molar-refractivity contribution in [3.8, 4) is 0 Å². The van der Waals surface area contributed by atoms with Gasteiger partial charge in [-0.2, -0.15) is 0 Å². The summed E-state index contributed by atoms with van der Waals surface area (Å²) >= 11 is 0. The number of hydrogen-bond acceptors (Lipinski definition) is 3. The van der Waals surface area contributed by atoms with Crippen LogP contribution in [0, 0.1) is 11.8 Å². The first-order chi connectivity index (χ1) is 8.88. The van der Waals surface area contributed by atoms with E-state index in [9.17, 15) is 19.5 Å². The molecule has 1 aliphatic heterocycles. The van der Waals surface area contributed by atoms with Gasteiger partial charge in [0.15, 0.2) is 0 Å². The average Bonchev–Trinajstić information content (AvgIpc) is 2.31. The summed E-state index contributed by atoms with van der Waals surface area (Å²) in [6.07, 6.45) is 1.01. The number of hydrogen-bond donors (Lipinski definition) is 2. The standard InChI is InChI=1S/C13H22N2O4/c1-4-5-14-10(16)7-15-9(3)12(13(18)19)8(2)6-11(15)17/h8-9,12H,4-7H2,1-3H3,(H,14,16)(H,18,19). The first kappa shape index (κ1) is 15.5. The number of likely N-dealkylation sites (tertiary alicyclic amines) is 1. The van der Waals surface area contributed by atoms with Crippen molar-refractivity contribution in [1.29, 1.82) is 0 Å². The van der Waals surface area contributed by atoms with Gasteiger partial charge in [0.05, 0.1) is 12.5 Å². The highest BCUT2D eigenvalue weighted by Gasteiger charge is 2.42. The van der Waals surface area contributed by atoms with Crippen molar-refractivity contribution in [3.05, 3.63) is 0 Å². The Labute approximate surface area is 113 Å². The monoisotopic (exact) mass is 270 g/mol. The molecular formula is C13H22N2O4. The average molecular weight is 270 g/mol. The van der Waals surface area contributed by atoms with Crippen molar-refractivity contribution in [1.82, 2.24) is 10.2 Å². The van der Waals surface area contributed by atoms with E-state index in [1.165, 1.54) is 4.90 Å². The highest BCUT2D eigenvalue weighted by atomic mass is 16.4. The lowest BCUT2D eigenvalue weighted by atomic mass is 9.81. The number of carbonyl (C=O) groups excluding carboxylic acids is 2. The molecule has 6 heteroatoms. The zero-order chi connectivity index (χ0) is 14.6. The maximum Gasteiger partial charge on any atom is 0.308 e. The summed E-state index contributed by atoms with van der Waals surface area (Å²) in [5, 5.41) is 11.9. The molecule has 0 bridgehead atoms. The van der Waals surface area contributed by atoms with Gasteiger partial charge in [-0.05, 0) is 19.3 Å². The molecule has 0 aliphatic carbocycles. The van der Waals surface area contributed by atoms with Gasteiger partial charge in [-0.25, -0.2) is 0 Å². The smallest absolute Gasteiger partial charge is 0.308 e. The molecule has 0 spiro atoms. The lowest BCUT2D eigenvalue weighted by Crippen LogP contribution is -2.55. The van der Waals surface area contributed by atoms with E-state index in [-0.39, 0.29) is 30.7 Å². The van der Waals surface area contributed by atoms with Crippen LogP contribution in [0.2, 0.25) is 0 Å². The van der Waals surface area contributed by atoms with Crippen molar-refractivity contribution < 1.29 is 19.5 Å². The molecule has 1 heterocycles. The number of nitrogens with zero attached hydrogens (tertiary/aromatic N) is 1. The molecule has 0 aromatic heterocycles. The normalized spacial score (nSPS) is 27.2. The van der Waals surface area contributed by atoms with Gasteiger partial charge in [0.2, 0.25) is 11.8 Å². The van der Waals surface area contributed by atoms with Gasteiger partial charge < -0.3 is 15.3 Å². The number of aliphatic carboxylic acids is 1. The number of carbonyl (C=O) groups is 3. The zero-order valence-corrected chi connectivity index (χ0v) is 11.7. The Morgan fingerprint density at radius 3 is 2.58 bits per heavy atom. The van der Waals surface area contributed by atoms with E-state index in [1.54, 1.807) is 13.8 Å². The summed E-state index contributed by atoms with van der Waals surface area (Å²) in [7, 11) is 0. The number of rotatable bonds is 5. The van der Waals surface area contributed by atoms with Crippen LogP contribution >= 0.6 is 0 Å². The molecule has 3 unspecified atom stereocenters. The summed E-state index contributed by atoms with van der Waals surface area (Å²) in [5.41, 5.74) is 0. The Morgan fingerprint density at radius 1 is 1.42 bits per heavy atom. The largest absolute Gasteiger partial charge is 0.481 e. The van der Waals surface area contributed by atoms with Crippen LogP contribution in [-0.4, -0.2) is 46.9 Å². The van der Waals surface area contributed by atoms with E-state index in [4.69, 9.17) is 0 Å². The van der Waals surface area contributed by atoms with E-state index in [0.717, 1.165) is 6.42 Å². The van der Waals surface area contributed by atoms with E-state index >= 15 is 0 Å². The van der Waals surface area contributed by atoms with Gasteiger partial charge in [-0.3, -0.25) is 14.4 Å². The molecule has 108 valence electrons. The maximum absolute atomic E-state index is 11.9. The predicted octanol–water partition coefficient (Wildman–Crippen LogP) is 0.470. The molecule has 19 heavy (non-hydrogen) atoms. The maximum atomic E-state index is 11.9. The Balaban J connectivity index is 2.73. The molecule has 6 nitrogen and oxygen atoms in total. The van der Waals surface area contributed by atoms with Crippen LogP contribution in [0.5, 0.6) is 0 Å². The number of amides is 2. The van der Waals surface area contributed by atoms with Gasteiger partial charge in [-0.1, -0.05) is 13.8 Å². The van der Waals surface area contributed by atoms with Crippen LogP contribution in [0.3, 0.4) is 0 Å².